The number of carbonyl (C=O) groups is 3. The van der Waals surface area contributed by atoms with Crippen molar-refractivity contribution in [1.29, 1.82) is 0 Å². The van der Waals surface area contributed by atoms with Crippen LogP contribution in [0.1, 0.15) is 93.4 Å². The first kappa shape index (κ1) is 24.1. The molecule has 3 saturated carbocycles. The van der Waals surface area contributed by atoms with E-state index in [4.69, 9.17) is 9.47 Å². The molecule has 5 aliphatic rings. The van der Waals surface area contributed by atoms with E-state index in [0.29, 0.717) is 12.3 Å². The number of fused-ring (bicyclic) bond motifs is 5. The molecular weight excluding hydrogens is 428 g/mol. The van der Waals surface area contributed by atoms with E-state index in [0.717, 1.165) is 38.5 Å². The Kier molecular flexibility index (Phi) is 5.09. The van der Waals surface area contributed by atoms with Crippen LogP contribution in [0.3, 0.4) is 0 Å². The van der Waals surface area contributed by atoms with Crippen LogP contribution in [0, 0.1) is 45.3 Å². The van der Waals surface area contributed by atoms with Gasteiger partial charge in [0.1, 0.15) is 11.7 Å². The number of ketones is 1. The fourth-order valence-electron chi connectivity index (χ4n) is 10.0. The van der Waals surface area contributed by atoms with Crippen LogP contribution in [0.15, 0.2) is 12.2 Å². The monoisotopic (exact) mass is 470 g/mol. The summed E-state index contributed by atoms with van der Waals surface area (Å²) in [5.74, 6) is 0.832. The van der Waals surface area contributed by atoms with Crippen molar-refractivity contribution in [3.8, 4) is 0 Å². The molecule has 5 rings (SSSR count). The van der Waals surface area contributed by atoms with E-state index in [1.54, 1.807) is 0 Å². The predicted octanol–water partition coefficient (Wildman–Crippen LogP) is 5.65. The number of hydrogen-bond donors (Lipinski definition) is 0. The zero-order valence-corrected chi connectivity index (χ0v) is 22.0. The summed E-state index contributed by atoms with van der Waals surface area (Å²) >= 11 is 0. The van der Waals surface area contributed by atoms with Crippen LogP contribution in [-0.2, 0) is 23.9 Å². The lowest BCUT2D eigenvalue weighted by atomic mass is 9.36. The van der Waals surface area contributed by atoms with Crippen LogP contribution in [0.5, 0.6) is 0 Å². The standard InChI is InChI=1S/C29H42O5/c1-17(30)33-19-16-21-26(4)12-10-22(31)25(2,3)20(26)9-14-27(21,5)28(6)13-8-18(24(19)28)29(7)15-11-23(32)34-29/h10,12,18-21,24H,8-9,11,13-16H2,1-7H3/t18?,19-,20?,21?,24?,26+,27-,28-,29+/m1/s1. The van der Waals surface area contributed by atoms with E-state index < -0.39 is 5.60 Å². The van der Waals surface area contributed by atoms with Gasteiger partial charge in [-0.25, -0.2) is 0 Å². The summed E-state index contributed by atoms with van der Waals surface area (Å²) in [4.78, 5) is 37.4. The molecule has 4 aliphatic carbocycles. The van der Waals surface area contributed by atoms with Crippen molar-refractivity contribution in [3.63, 3.8) is 0 Å². The lowest BCUT2D eigenvalue weighted by molar-refractivity contribution is -0.224. The van der Waals surface area contributed by atoms with Gasteiger partial charge in [0.15, 0.2) is 5.78 Å². The normalized spacial score (nSPS) is 51.3. The van der Waals surface area contributed by atoms with Gasteiger partial charge in [-0.2, -0.15) is 0 Å². The Hall–Kier alpha value is -1.65. The summed E-state index contributed by atoms with van der Waals surface area (Å²) in [6, 6.07) is 0. The minimum absolute atomic E-state index is 0.0356. The summed E-state index contributed by atoms with van der Waals surface area (Å²) in [6.45, 7) is 15.1. The number of rotatable bonds is 2. The lowest BCUT2D eigenvalue weighted by Crippen LogP contribution is -2.65. The molecule has 4 fully saturated rings. The second kappa shape index (κ2) is 7.20. The molecule has 188 valence electrons. The average molecular weight is 471 g/mol. The second-order valence-corrected chi connectivity index (χ2v) is 13.6. The molecule has 0 amide bonds. The quantitative estimate of drug-likeness (QED) is 0.488. The van der Waals surface area contributed by atoms with Gasteiger partial charge in [-0.1, -0.05) is 40.7 Å². The molecule has 5 heteroatoms. The third-order valence-electron chi connectivity index (χ3n) is 11.9. The van der Waals surface area contributed by atoms with Crippen LogP contribution < -0.4 is 0 Å². The molecule has 1 heterocycles. The minimum Gasteiger partial charge on any atom is -0.462 e. The van der Waals surface area contributed by atoms with Gasteiger partial charge in [-0.3, -0.25) is 14.4 Å². The highest BCUT2D eigenvalue weighted by Gasteiger charge is 2.72. The molecule has 0 bridgehead atoms. The molecule has 0 radical (unpaired) electrons. The summed E-state index contributed by atoms with van der Waals surface area (Å²) in [5, 5.41) is 0. The van der Waals surface area contributed by atoms with Crippen LogP contribution in [0.4, 0.5) is 0 Å². The zero-order valence-electron chi connectivity index (χ0n) is 22.0. The Balaban J connectivity index is 1.61. The highest BCUT2D eigenvalue weighted by molar-refractivity contribution is 5.95. The van der Waals surface area contributed by atoms with Crippen LogP contribution in [0.25, 0.3) is 0 Å². The number of esters is 2. The summed E-state index contributed by atoms with van der Waals surface area (Å²) in [6.07, 6.45) is 10.00. The number of allylic oxidation sites excluding steroid dienone is 2. The fraction of sp³-hybridized carbons (Fsp3) is 0.828. The molecule has 5 nitrogen and oxygen atoms in total. The third kappa shape index (κ3) is 2.94. The van der Waals surface area contributed by atoms with Gasteiger partial charge in [0, 0.05) is 30.6 Å². The van der Waals surface area contributed by atoms with Crippen molar-refractivity contribution < 1.29 is 23.9 Å². The van der Waals surface area contributed by atoms with E-state index in [9.17, 15) is 14.4 Å². The molecule has 34 heavy (non-hydrogen) atoms. The Morgan fingerprint density at radius 2 is 1.65 bits per heavy atom. The van der Waals surface area contributed by atoms with E-state index >= 15 is 0 Å². The minimum atomic E-state index is -0.485. The van der Waals surface area contributed by atoms with Gasteiger partial charge in [-0.05, 0) is 79.6 Å². The predicted molar refractivity (Wildman–Crippen MR) is 129 cm³/mol. The van der Waals surface area contributed by atoms with Gasteiger partial charge in [0.05, 0.1) is 0 Å². The van der Waals surface area contributed by atoms with Gasteiger partial charge in [0.2, 0.25) is 0 Å². The molecule has 0 aromatic rings. The fourth-order valence-corrected chi connectivity index (χ4v) is 10.0. The largest absolute Gasteiger partial charge is 0.462 e. The molecule has 0 spiro atoms. The van der Waals surface area contributed by atoms with E-state index in [1.807, 2.05) is 6.08 Å². The van der Waals surface area contributed by atoms with Gasteiger partial charge >= 0.3 is 11.9 Å². The molecular formula is C29H42O5. The number of hydrogen-bond acceptors (Lipinski definition) is 5. The van der Waals surface area contributed by atoms with Crippen LogP contribution >= 0.6 is 0 Å². The maximum Gasteiger partial charge on any atom is 0.306 e. The number of ether oxygens (including phenoxy) is 2. The Labute approximate surface area is 204 Å². The maximum atomic E-state index is 12.9. The first-order chi connectivity index (χ1) is 15.7. The van der Waals surface area contributed by atoms with E-state index in [-0.39, 0.29) is 63.2 Å². The topological polar surface area (TPSA) is 69.7 Å². The number of carbonyl (C=O) groups excluding carboxylic acids is 3. The second-order valence-electron chi connectivity index (χ2n) is 13.6. The third-order valence-corrected chi connectivity index (χ3v) is 11.9. The molecule has 0 aromatic heterocycles. The van der Waals surface area contributed by atoms with Crippen molar-refractivity contribution in [2.24, 2.45) is 45.3 Å². The molecule has 1 saturated heterocycles. The summed E-state index contributed by atoms with van der Waals surface area (Å²) in [5.41, 5.74) is -0.983. The van der Waals surface area contributed by atoms with Crippen LogP contribution in [0.2, 0.25) is 0 Å². The highest BCUT2D eigenvalue weighted by atomic mass is 16.6. The van der Waals surface area contributed by atoms with Crippen molar-refractivity contribution in [2.75, 3.05) is 0 Å². The van der Waals surface area contributed by atoms with E-state index in [2.05, 4.69) is 47.6 Å². The van der Waals surface area contributed by atoms with Crippen molar-refractivity contribution in [3.05, 3.63) is 12.2 Å². The van der Waals surface area contributed by atoms with Crippen LogP contribution in [-0.4, -0.2) is 29.4 Å². The lowest BCUT2D eigenvalue weighted by Gasteiger charge is -2.68. The Morgan fingerprint density at radius 3 is 2.26 bits per heavy atom. The van der Waals surface area contributed by atoms with Crippen molar-refractivity contribution in [1.82, 2.24) is 0 Å². The number of cyclic esters (lactones) is 1. The van der Waals surface area contributed by atoms with Gasteiger partial charge < -0.3 is 9.47 Å². The first-order valence-corrected chi connectivity index (χ1v) is 13.3. The molecule has 0 N–H and O–H groups in total. The van der Waals surface area contributed by atoms with Crippen molar-refractivity contribution in [2.45, 2.75) is 105 Å². The van der Waals surface area contributed by atoms with E-state index in [1.165, 1.54) is 6.92 Å². The Morgan fingerprint density at radius 1 is 0.971 bits per heavy atom. The smallest absolute Gasteiger partial charge is 0.306 e. The van der Waals surface area contributed by atoms with Crippen molar-refractivity contribution >= 4 is 17.7 Å². The first-order valence-electron chi connectivity index (χ1n) is 13.3. The zero-order chi connectivity index (χ0) is 24.9. The molecule has 9 atom stereocenters. The summed E-state index contributed by atoms with van der Waals surface area (Å²) < 4.78 is 12.1. The maximum absolute atomic E-state index is 12.9. The summed E-state index contributed by atoms with van der Waals surface area (Å²) in [7, 11) is 0. The Bertz CT molecular complexity index is 966. The average Bonchev–Trinajstić information content (AvgIpc) is 3.28. The molecule has 4 unspecified atom stereocenters. The van der Waals surface area contributed by atoms with Gasteiger partial charge in [-0.15, -0.1) is 0 Å². The molecule has 0 aromatic carbocycles. The SMILES string of the molecule is CC(=O)O[C@@H]1CC2[C@@]3(C)C=CC(=O)C(C)(C)C3CC[C@@]2(C)[C@]2(C)CCC([C@]3(C)CCC(=O)O3)C12. The van der Waals surface area contributed by atoms with Gasteiger partial charge in [0.25, 0.3) is 0 Å². The highest BCUT2D eigenvalue weighted by Crippen LogP contribution is 2.75. The molecule has 1 aliphatic heterocycles.